The molecular formula is C3H5NO4S2. The molecule has 1 heterocycles. The van der Waals surface area contributed by atoms with Crippen molar-refractivity contribution in [2.24, 2.45) is 0 Å². The fourth-order valence-corrected chi connectivity index (χ4v) is 2.50. The zero-order valence-corrected chi connectivity index (χ0v) is 6.35. The van der Waals surface area contributed by atoms with E-state index in [0.29, 0.717) is 0 Å². The van der Waals surface area contributed by atoms with Crippen molar-refractivity contribution in [3.8, 4) is 0 Å². The Morgan fingerprint density at radius 2 is 2.20 bits per heavy atom. The normalized spacial score (nSPS) is 32.1. The first-order valence-corrected chi connectivity index (χ1v) is 5.08. The molecule has 10 heavy (non-hydrogen) atoms. The van der Waals surface area contributed by atoms with Crippen LogP contribution in [-0.4, -0.2) is 21.9 Å². The number of hydrogen-bond donors (Lipinski definition) is 2. The van der Waals surface area contributed by atoms with Gasteiger partial charge in [-0.05, 0) is 0 Å². The van der Waals surface area contributed by atoms with Gasteiger partial charge in [0.05, 0.1) is 10.8 Å². The maximum Gasteiger partial charge on any atom is 0.299 e. The summed E-state index contributed by atoms with van der Waals surface area (Å²) in [6, 6.07) is 0. The molecule has 1 aliphatic rings. The number of nitrogens with one attached hydrogen (secondary N) is 1. The van der Waals surface area contributed by atoms with Crippen molar-refractivity contribution in [2.45, 2.75) is 4.71 Å². The molecule has 0 aromatic heterocycles. The summed E-state index contributed by atoms with van der Waals surface area (Å²) in [4.78, 5) is 0. The van der Waals surface area contributed by atoms with E-state index in [1.807, 2.05) is 0 Å². The summed E-state index contributed by atoms with van der Waals surface area (Å²) in [6.45, 7) is 0. The molecular weight excluding hydrogens is 178 g/mol. The van der Waals surface area contributed by atoms with Crippen molar-refractivity contribution in [2.75, 3.05) is 0 Å². The average Bonchev–Trinajstić information content (AvgIpc) is 2.11. The van der Waals surface area contributed by atoms with Gasteiger partial charge in [0.25, 0.3) is 10.1 Å². The Kier molecular flexibility index (Phi) is 1.80. The van der Waals surface area contributed by atoms with E-state index in [9.17, 15) is 12.6 Å². The van der Waals surface area contributed by atoms with E-state index in [0.717, 1.165) is 0 Å². The van der Waals surface area contributed by atoms with Crippen LogP contribution < -0.4 is 5.32 Å². The van der Waals surface area contributed by atoms with E-state index >= 15 is 0 Å². The molecule has 2 N–H and O–H groups in total. The Bertz CT molecular complexity index is 279. The van der Waals surface area contributed by atoms with Crippen LogP contribution in [0, 0.1) is 0 Å². The summed E-state index contributed by atoms with van der Waals surface area (Å²) in [7, 11) is -5.89. The van der Waals surface area contributed by atoms with Crippen LogP contribution in [0.5, 0.6) is 0 Å². The van der Waals surface area contributed by atoms with Gasteiger partial charge in [-0.2, -0.15) is 8.42 Å². The fraction of sp³-hybridized carbons (Fsp3) is 0.333. The summed E-state index contributed by atoms with van der Waals surface area (Å²) in [6.07, 6.45) is 1.23. The molecule has 58 valence electrons. The molecule has 0 radical (unpaired) electrons. The smallest absolute Gasteiger partial charge is 0.299 e. The first kappa shape index (κ1) is 7.70. The minimum Gasteiger partial charge on any atom is -0.362 e. The Balaban J connectivity index is 2.90. The molecule has 5 nitrogen and oxygen atoms in total. The van der Waals surface area contributed by atoms with Gasteiger partial charge in [0, 0.05) is 11.6 Å². The minimum absolute atomic E-state index is 1.17. The second kappa shape index (κ2) is 2.33. The Labute approximate surface area is 60.3 Å². The predicted molar refractivity (Wildman–Crippen MR) is 35.8 cm³/mol. The lowest BCUT2D eigenvalue weighted by atomic mass is 11.0. The first-order valence-electron chi connectivity index (χ1n) is 2.30. The molecule has 2 atom stereocenters. The molecule has 0 spiro atoms. The highest BCUT2D eigenvalue weighted by atomic mass is 32.3. The average molecular weight is 183 g/mol. The summed E-state index contributed by atoms with van der Waals surface area (Å²) in [5, 5.41) is 3.39. The van der Waals surface area contributed by atoms with Crippen molar-refractivity contribution in [3.05, 3.63) is 11.6 Å². The molecule has 1 rings (SSSR count). The van der Waals surface area contributed by atoms with Gasteiger partial charge >= 0.3 is 0 Å². The number of rotatable bonds is 1. The van der Waals surface area contributed by atoms with Crippen molar-refractivity contribution in [1.82, 2.24) is 5.32 Å². The maximum absolute atomic E-state index is 10.6. The second-order valence-corrected chi connectivity index (χ2v) is 4.85. The third-order valence-electron chi connectivity index (χ3n) is 0.916. The minimum atomic E-state index is -4.23. The van der Waals surface area contributed by atoms with Gasteiger partial charge < -0.3 is 5.32 Å². The SMILES string of the molecule is O=S1C=CNC1S(=O)(=O)O. The van der Waals surface area contributed by atoms with Gasteiger partial charge in [0.2, 0.25) is 4.71 Å². The van der Waals surface area contributed by atoms with E-state index in [1.54, 1.807) is 0 Å². The molecule has 0 bridgehead atoms. The van der Waals surface area contributed by atoms with Crippen LogP contribution in [0.2, 0.25) is 0 Å². The Morgan fingerprint density at radius 1 is 1.60 bits per heavy atom. The summed E-state index contributed by atoms with van der Waals surface area (Å²) < 4.78 is 38.2. The van der Waals surface area contributed by atoms with Gasteiger partial charge in [-0.25, -0.2) is 0 Å². The van der Waals surface area contributed by atoms with Gasteiger partial charge in [0.15, 0.2) is 0 Å². The van der Waals surface area contributed by atoms with E-state index in [2.05, 4.69) is 5.32 Å². The van der Waals surface area contributed by atoms with E-state index in [1.165, 1.54) is 11.6 Å². The monoisotopic (exact) mass is 183 g/mol. The molecule has 0 saturated heterocycles. The molecule has 0 aromatic rings. The lowest BCUT2D eigenvalue weighted by Gasteiger charge is -2.03. The summed E-state index contributed by atoms with van der Waals surface area (Å²) >= 11 is 0. The standard InChI is InChI=1S/C3H5NO4S2/c5-9-2-1-4-3(9)10(6,7)8/h1-4H,(H,6,7,8). The maximum atomic E-state index is 10.6. The molecule has 0 aliphatic carbocycles. The van der Waals surface area contributed by atoms with Crippen LogP contribution in [0.3, 0.4) is 0 Å². The van der Waals surface area contributed by atoms with Crippen molar-refractivity contribution < 1.29 is 17.2 Å². The fourth-order valence-electron chi connectivity index (χ4n) is 0.529. The number of hydrogen-bond acceptors (Lipinski definition) is 4. The van der Waals surface area contributed by atoms with Crippen molar-refractivity contribution in [3.63, 3.8) is 0 Å². The lowest BCUT2D eigenvalue weighted by molar-refractivity contribution is 0.476. The third kappa shape index (κ3) is 1.36. The van der Waals surface area contributed by atoms with Gasteiger partial charge in [-0.1, -0.05) is 0 Å². The quantitative estimate of drug-likeness (QED) is 0.508. The Morgan fingerprint density at radius 3 is 2.40 bits per heavy atom. The van der Waals surface area contributed by atoms with Crippen LogP contribution in [-0.2, 0) is 20.9 Å². The molecule has 0 fully saturated rings. The molecule has 0 amide bonds. The molecule has 2 unspecified atom stereocenters. The molecule has 7 heteroatoms. The van der Waals surface area contributed by atoms with Crippen LogP contribution >= 0.6 is 0 Å². The lowest BCUT2D eigenvalue weighted by Crippen LogP contribution is -2.32. The predicted octanol–water partition coefficient (Wildman–Crippen LogP) is -1.02. The zero-order valence-electron chi connectivity index (χ0n) is 4.72. The third-order valence-corrected chi connectivity index (χ3v) is 3.85. The van der Waals surface area contributed by atoms with Gasteiger partial charge in [0.1, 0.15) is 0 Å². The van der Waals surface area contributed by atoms with Crippen molar-refractivity contribution in [1.29, 1.82) is 0 Å². The van der Waals surface area contributed by atoms with Gasteiger partial charge in [-0.15, -0.1) is 0 Å². The second-order valence-electron chi connectivity index (χ2n) is 1.64. The molecule has 1 aliphatic heterocycles. The zero-order chi connectivity index (χ0) is 7.78. The largest absolute Gasteiger partial charge is 0.362 e. The van der Waals surface area contributed by atoms with Crippen molar-refractivity contribution >= 4 is 20.9 Å². The molecule has 0 saturated carbocycles. The Hall–Kier alpha value is -0.400. The van der Waals surface area contributed by atoms with Crippen LogP contribution in [0.15, 0.2) is 11.6 Å². The van der Waals surface area contributed by atoms with Gasteiger partial charge in [-0.3, -0.25) is 8.76 Å². The highest BCUT2D eigenvalue weighted by Crippen LogP contribution is 2.07. The first-order chi connectivity index (χ1) is 4.52. The topological polar surface area (TPSA) is 83.5 Å². The summed E-state index contributed by atoms with van der Waals surface area (Å²) in [5.41, 5.74) is 0. The molecule has 0 aromatic carbocycles. The van der Waals surface area contributed by atoms with E-state index < -0.39 is 25.6 Å². The van der Waals surface area contributed by atoms with E-state index in [-0.39, 0.29) is 0 Å². The van der Waals surface area contributed by atoms with Crippen LogP contribution in [0.1, 0.15) is 0 Å². The van der Waals surface area contributed by atoms with E-state index in [4.69, 9.17) is 4.55 Å². The van der Waals surface area contributed by atoms with Crippen LogP contribution in [0.4, 0.5) is 0 Å². The highest BCUT2D eigenvalue weighted by molar-refractivity contribution is 8.05. The van der Waals surface area contributed by atoms with Crippen LogP contribution in [0.25, 0.3) is 0 Å². The highest BCUT2D eigenvalue weighted by Gasteiger charge is 2.29. The summed E-state index contributed by atoms with van der Waals surface area (Å²) in [5.74, 6) is 0.